The van der Waals surface area contributed by atoms with E-state index in [0.717, 1.165) is 16.6 Å². The van der Waals surface area contributed by atoms with E-state index in [4.69, 9.17) is 4.74 Å². The lowest BCUT2D eigenvalue weighted by Gasteiger charge is -2.13. The zero-order valence-electron chi connectivity index (χ0n) is 16.7. The van der Waals surface area contributed by atoms with Gasteiger partial charge in [-0.3, -0.25) is 9.78 Å². The zero-order valence-corrected chi connectivity index (χ0v) is 16.7. The third-order valence-electron chi connectivity index (χ3n) is 4.40. The SMILES string of the molecule is CCOc1ccccc1Nc1cc(C(=O)Nc2cccc3cccnc23)nc(C)n1. The van der Waals surface area contributed by atoms with Crippen molar-refractivity contribution in [3.05, 3.63) is 78.4 Å². The molecule has 7 heteroatoms. The lowest BCUT2D eigenvalue weighted by atomic mass is 10.2. The molecule has 0 spiro atoms. The molecule has 0 aliphatic heterocycles. The summed E-state index contributed by atoms with van der Waals surface area (Å²) in [6, 6.07) is 18.6. The number of fused-ring (bicyclic) bond motifs is 1. The average molecular weight is 399 g/mol. The number of hydrogen-bond donors (Lipinski definition) is 2. The molecule has 0 fully saturated rings. The maximum Gasteiger partial charge on any atom is 0.274 e. The molecule has 0 radical (unpaired) electrons. The standard InChI is InChI=1S/C23H21N5O2/c1-3-30-20-12-5-4-10-17(20)27-21-14-19(25-15(2)26-21)23(29)28-18-11-6-8-16-9-7-13-24-22(16)18/h4-14H,3H2,1-2H3,(H,28,29)(H,25,26,27). The van der Waals surface area contributed by atoms with Crippen LogP contribution in [-0.4, -0.2) is 27.5 Å². The number of carbonyl (C=O) groups is 1. The number of para-hydroxylation sites is 3. The Morgan fingerprint density at radius 2 is 1.80 bits per heavy atom. The van der Waals surface area contributed by atoms with E-state index in [1.165, 1.54) is 0 Å². The monoisotopic (exact) mass is 399 g/mol. The normalized spacial score (nSPS) is 10.6. The van der Waals surface area contributed by atoms with Gasteiger partial charge in [0.05, 0.1) is 23.5 Å². The number of benzene rings is 2. The number of pyridine rings is 1. The van der Waals surface area contributed by atoms with Gasteiger partial charge in [0, 0.05) is 17.6 Å². The summed E-state index contributed by atoms with van der Waals surface area (Å²) in [7, 11) is 0. The van der Waals surface area contributed by atoms with Crippen LogP contribution in [0.4, 0.5) is 17.2 Å². The van der Waals surface area contributed by atoms with Crippen LogP contribution in [0, 0.1) is 6.92 Å². The molecule has 0 aliphatic carbocycles. The van der Waals surface area contributed by atoms with Gasteiger partial charge in [0.1, 0.15) is 23.1 Å². The van der Waals surface area contributed by atoms with Gasteiger partial charge in [0.25, 0.3) is 5.91 Å². The van der Waals surface area contributed by atoms with E-state index >= 15 is 0 Å². The molecular formula is C23H21N5O2. The highest BCUT2D eigenvalue weighted by Gasteiger charge is 2.14. The number of rotatable bonds is 6. The molecule has 2 aromatic carbocycles. The Morgan fingerprint density at radius 1 is 1.00 bits per heavy atom. The van der Waals surface area contributed by atoms with Gasteiger partial charge in [-0.05, 0) is 38.1 Å². The summed E-state index contributed by atoms with van der Waals surface area (Å²) >= 11 is 0. The Balaban J connectivity index is 1.61. The van der Waals surface area contributed by atoms with Gasteiger partial charge in [-0.2, -0.15) is 0 Å². The summed E-state index contributed by atoms with van der Waals surface area (Å²) in [5, 5.41) is 7.07. The second-order valence-electron chi connectivity index (χ2n) is 6.57. The minimum atomic E-state index is -0.334. The highest BCUT2D eigenvalue weighted by atomic mass is 16.5. The molecule has 0 bridgehead atoms. The molecule has 0 unspecified atom stereocenters. The van der Waals surface area contributed by atoms with Crippen LogP contribution in [-0.2, 0) is 0 Å². The van der Waals surface area contributed by atoms with Gasteiger partial charge >= 0.3 is 0 Å². The van der Waals surface area contributed by atoms with Crippen molar-refractivity contribution < 1.29 is 9.53 Å². The lowest BCUT2D eigenvalue weighted by Crippen LogP contribution is -2.16. The topological polar surface area (TPSA) is 89.0 Å². The molecule has 7 nitrogen and oxygen atoms in total. The van der Waals surface area contributed by atoms with E-state index in [2.05, 4.69) is 25.6 Å². The first kappa shape index (κ1) is 19.3. The van der Waals surface area contributed by atoms with Gasteiger partial charge in [-0.1, -0.05) is 30.3 Å². The quantitative estimate of drug-likeness (QED) is 0.487. The molecule has 0 aliphatic rings. The second-order valence-corrected chi connectivity index (χ2v) is 6.57. The minimum Gasteiger partial charge on any atom is -0.492 e. The van der Waals surface area contributed by atoms with Crippen LogP contribution in [0.3, 0.4) is 0 Å². The summed E-state index contributed by atoms with van der Waals surface area (Å²) in [6.07, 6.45) is 1.70. The first-order valence-electron chi connectivity index (χ1n) is 9.63. The highest BCUT2D eigenvalue weighted by molar-refractivity contribution is 6.07. The number of nitrogens with zero attached hydrogens (tertiary/aromatic N) is 3. The number of nitrogens with one attached hydrogen (secondary N) is 2. The Labute approximate surface area is 174 Å². The largest absolute Gasteiger partial charge is 0.492 e. The average Bonchev–Trinajstić information content (AvgIpc) is 2.75. The first-order chi connectivity index (χ1) is 14.6. The first-order valence-corrected chi connectivity index (χ1v) is 9.63. The van der Waals surface area contributed by atoms with Gasteiger partial charge < -0.3 is 15.4 Å². The fourth-order valence-electron chi connectivity index (χ4n) is 3.13. The van der Waals surface area contributed by atoms with Crippen molar-refractivity contribution in [1.29, 1.82) is 0 Å². The van der Waals surface area contributed by atoms with Gasteiger partial charge in [-0.25, -0.2) is 9.97 Å². The fourth-order valence-corrected chi connectivity index (χ4v) is 3.13. The van der Waals surface area contributed by atoms with Gasteiger partial charge in [-0.15, -0.1) is 0 Å². The van der Waals surface area contributed by atoms with Crippen molar-refractivity contribution in [3.63, 3.8) is 0 Å². The third kappa shape index (κ3) is 4.20. The Kier molecular flexibility index (Phi) is 5.52. The molecule has 2 N–H and O–H groups in total. The van der Waals surface area contributed by atoms with E-state index in [0.29, 0.717) is 29.7 Å². The molecule has 0 atom stereocenters. The van der Waals surface area contributed by atoms with E-state index in [-0.39, 0.29) is 11.6 Å². The second kappa shape index (κ2) is 8.57. The maximum absolute atomic E-state index is 12.9. The molecule has 150 valence electrons. The van der Waals surface area contributed by atoms with Crippen molar-refractivity contribution in [3.8, 4) is 5.75 Å². The number of carbonyl (C=O) groups excluding carboxylic acids is 1. The molecular weight excluding hydrogens is 378 g/mol. The molecule has 0 saturated heterocycles. The van der Waals surface area contributed by atoms with Crippen molar-refractivity contribution in [2.45, 2.75) is 13.8 Å². The van der Waals surface area contributed by atoms with E-state index in [1.807, 2.05) is 61.5 Å². The minimum absolute atomic E-state index is 0.256. The Bertz CT molecular complexity index is 1200. The summed E-state index contributed by atoms with van der Waals surface area (Å²) in [5.74, 6) is 1.37. The van der Waals surface area contributed by atoms with Crippen LogP contribution in [0.5, 0.6) is 5.75 Å². The fraction of sp³-hybridized carbons (Fsp3) is 0.130. The molecule has 2 aromatic heterocycles. The van der Waals surface area contributed by atoms with E-state index < -0.39 is 0 Å². The smallest absolute Gasteiger partial charge is 0.274 e. The maximum atomic E-state index is 12.9. The van der Waals surface area contributed by atoms with Crippen molar-refractivity contribution in [2.75, 3.05) is 17.2 Å². The van der Waals surface area contributed by atoms with Crippen LogP contribution in [0.15, 0.2) is 66.9 Å². The summed E-state index contributed by atoms with van der Waals surface area (Å²) < 4.78 is 5.64. The van der Waals surface area contributed by atoms with Gasteiger partial charge in [0.2, 0.25) is 0 Å². The highest BCUT2D eigenvalue weighted by Crippen LogP contribution is 2.27. The predicted molar refractivity (Wildman–Crippen MR) is 117 cm³/mol. The molecule has 30 heavy (non-hydrogen) atoms. The van der Waals surface area contributed by atoms with Crippen LogP contribution in [0.25, 0.3) is 10.9 Å². The molecule has 1 amide bonds. The predicted octanol–water partition coefficient (Wildman–Crippen LogP) is 4.73. The molecule has 2 heterocycles. The lowest BCUT2D eigenvalue weighted by molar-refractivity contribution is 0.102. The van der Waals surface area contributed by atoms with Crippen molar-refractivity contribution in [1.82, 2.24) is 15.0 Å². The van der Waals surface area contributed by atoms with Crippen molar-refractivity contribution >= 4 is 34.0 Å². The van der Waals surface area contributed by atoms with Crippen LogP contribution >= 0.6 is 0 Å². The molecule has 4 aromatic rings. The van der Waals surface area contributed by atoms with Crippen molar-refractivity contribution in [2.24, 2.45) is 0 Å². The van der Waals surface area contributed by atoms with Crippen LogP contribution < -0.4 is 15.4 Å². The van der Waals surface area contributed by atoms with Gasteiger partial charge in [0.15, 0.2) is 0 Å². The number of hydrogen-bond acceptors (Lipinski definition) is 6. The van der Waals surface area contributed by atoms with E-state index in [1.54, 1.807) is 19.2 Å². The number of aromatic nitrogens is 3. The summed E-state index contributed by atoms with van der Waals surface area (Å²) in [5.41, 5.74) is 2.38. The zero-order chi connectivity index (χ0) is 20.9. The molecule has 0 saturated carbocycles. The van der Waals surface area contributed by atoms with Crippen LogP contribution in [0.2, 0.25) is 0 Å². The Morgan fingerprint density at radius 3 is 2.67 bits per heavy atom. The molecule has 4 rings (SSSR count). The Hall–Kier alpha value is -4.00. The summed E-state index contributed by atoms with van der Waals surface area (Å²) in [4.78, 5) is 26.0. The summed E-state index contributed by atoms with van der Waals surface area (Å²) in [6.45, 7) is 4.22. The number of anilines is 3. The van der Waals surface area contributed by atoms with Crippen LogP contribution in [0.1, 0.15) is 23.2 Å². The third-order valence-corrected chi connectivity index (χ3v) is 4.40. The number of aryl methyl sites for hydroxylation is 1. The number of ether oxygens (including phenoxy) is 1. The van der Waals surface area contributed by atoms with E-state index in [9.17, 15) is 4.79 Å². The number of amides is 1.